The van der Waals surface area contributed by atoms with Crippen LogP contribution < -0.4 is 10.2 Å². The van der Waals surface area contributed by atoms with Gasteiger partial charge in [0.2, 0.25) is 0 Å². The fourth-order valence-electron chi connectivity index (χ4n) is 3.61. The normalized spacial score (nSPS) is 13.6. The highest BCUT2D eigenvalue weighted by Crippen LogP contribution is 2.32. The number of nitrogens with zero attached hydrogens (tertiary/aromatic N) is 1. The molecule has 1 aliphatic rings. The average molecular weight is 428 g/mol. The van der Waals surface area contributed by atoms with Gasteiger partial charge in [0.05, 0.1) is 11.3 Å². The van der Waals surface area contributed by atoms with Crippen molar-refractivity contribution in [3.05, 3.63) is 90.0 Å². The highest BCUT2D eigenvalue weighted by atomic mass is 16.5. The lowest BCUT2D eigenvalue weighted by atomic mass is 9.94. The van der Waals surface area contributed by atoms with Crippen molar-refractivity contribution in [1.82, 2.24) is 5.32 Å². The predicted octanol–water partition coefficient (Wildman–Crippen LogP) is 3.49. The standard InChI is InChI=1S/C25H20N2O5/c1-3-14-26-22(28)15(2)32-25(31)17-10-12-18(13-11-17)27-23(29)19-8-4-6-16-7-5-9-20(21(16)19)24(27)30/h3-13,15H,1,14H2,2H3,(H,26,28). The van der Waals surface area contributed by atoms with Crippen LogP contribution in [-0.2, 0) is 9.53 Å². The number of hydrogen-bond acceptors (Lipinski definition) is 5. The van der Waals surface area contributed by atoms with Crippen molar-refractivity contribution in [3.63, 3.8) is 0 Å². The van der Waals surface area contributed by atoms with Crippen LogP contribution in [0.5, 0.6) is 0 Å². The van der Waals surface area contributed by atoms with Gasteiger partial charge in [-0.2, -0.15) is 0 Å². The summed E-state index contributed by atoms with van der Waals surface area (Å²) in [4.78, 5) is 51.5. The summed E-state index contributed by atoms with van der Waals surface area (Å²) < 4.78 is 5.18. The molecular weight excluding hydrogens is 408 g/mol. The Bertz CT molecular complexity index is 1210. The van der Waals surface area contributed by atoms with E-state index in [4.69, 9.17) is 4.74 Å². The molecule has 3 amide bonds. The van der Waals surface area contributed by atoms with Crippen LogP contribution in [0.3, 0.4) is 0 Å². The van der Waals surface area contributed by atoms with E-state index in [-0.39, 0.29) is 12.1 Å². The van der Waals surface area contributed by atoms with Gasteiger partial charge in [0.1, 0.15) is 0 Å². The van der Waals surface area contributed by atoms with Gasteiger partial charge in [-0.3, -0.25) is 14.4 Å². The molecule has 0 saturated carbocycles. The maximum Gasteiger partial charge on any atom is 0.338 e. The van der Waals surface area contributed by atoms with E-state index in [1.807, 2.05) is 12.1 Å². The van der Waals surface area contributed by atoms with Crippen molar-refractivity contribution in [1.29, 1.82) is 0 Å². The highest BCUT2D eigenvalue weighted by molar-refractivity contribution is 6.35. The molecule has 0 saturated heterocycles. The Morgan fingerprint density at radius 2 is 1.59 bits per heavy atom. The Labute approximate surface area is 184 Å². The summed E-state index contributed by atoms with van der Waals surface area (Å²) in [7, 11) is 0. The fourth-order valence-corrected chi connectivity index (χ4v) is 3.61. The number of rotatable bonds is 6. The first-order valence-electron chi connectivity index (χ1n) is 10.0. The van der Waals surface area contributed by atoms with Crippen molar-refractivity contribution in [2.75, 3.05) is 11.4 Å². The zero-order valence-corrected chi connectivity index (χ0v) is 17.3. The second kappa shape index (κ2) is 8.47. The molecule has 0 radical (unpaired) electrons. The second-order valence-electron chi connectivity index (χ2n) is 7.28. The van der Waals surface area contributed by atoms with E-state index in [1.54, 1.807) is 24.3 Å². The molecule has 0 spiro atoms. The summed E-state index contributed by atoms with van der Waals surface area (Å²) in [5.41, 5.74) is 1.41. The average Bonchev–Trinajstić information content (AvgIpc) is 2.81. The summed E-state index contributed by atoms with van der Waals surface area (Å²) in [5, 5.41) is 4.02. The number of imide groups is 1. The molecule has 160 valence electrons. The zero-order valence-electron chi connectivity index (χ0n) is 17.3. The molecule has 4 rings (SSSR count). The minimum Gasteiger partial charge on any atom is -0.449 e. The number of anilines is 1. The largest absolute Gasteiger partial charge is 0.449 e. The van der Waals surface area contributed by atoms with Crippen LogP contribution in [0.25, 0.3) is 10.8 Å². The predicted molar refractivity (Wildman–Crippen MR) is 120 cm³/mol. The van der Waals surface area contributed by atoms with Crippen LogP contribution >= 0.6 is 0 Å². The molecule has 7 nitrogen and oxygen atoms in total. The third kappa shape index (κ3) is 3.65. The second-order valence-corrected chi connectivity index (χ2v) is 7.28. The molecule has 1 atom stereocenters. The zero-order chi connectivity index (χ0) is 22.8. The Kier molecular flexibility index (Phi) is 5.55. The van der Waals surface area contributed by atoms with Gasteiger partial charge in [0.15, 0.2) is 6.10 Å². The summed E-state index contributed by atoms with van der Waals surface area (Å²) >= 11 is 0. The number of ether oxygens (including phenoxy) is 1. The van der Waals surface area contributed by atoms with Gasteiger partial charge in [-0.1, -0.05) is 30.3 Å². The van der Waals surface area contributed by atoms with E-state index < -0.39 is 29.8 Å². The van der Waals surface area contributed by atoms with E-state index in [1.165, 1.54) is 37.3 Å². The highest BCUT2D eigenvalue weighted by Gasteiger charge is 2.33. The van der Waals surface area contributed by atoms with Gasteiger partial charge in [-0.25, -0.2) is 9.69 Å². The van der Waals surface area contributed by atoms with Crippen LogP contribution in [0, 0.1) is 0 Å². The topological polar surface area (TPSA) is 92.8 Å². The van der Waals surface area contributed by atoms with Crippen LogP contribution in [0.2, 0.25) is 0 Å². The minimum absolute atomic E-state index is 0.191. The Balaban J connectivity index is 1.56. The number of benzene rings is 3. The van der Waals surface area contributed by atoms with Crippen molar-refractivity contribution in [3.8, 4) is 0 Å². The Morgan fingerprint density at radius 1 is 1.00 bits per heavy atom. The number of amides is 3. The number of carbonyl (C=O) groups is 4. The van der Waals surface area contributed by atoms with Crippen LogP contribution in [0.15, 0.2) is 73.3 Å². The van der Waals surface area contributed by atoms with Gasteiger partial charge in [-0.05, 0) is 48.7 Å². The summed E-state index contributed by atoms with van der Waals surface area (Å²) in [6, 6.07) is 16.6. The maximum absolute atomic E-state index is 13.1. The van der Waals surface area contributed by atoms with Crippen LogP contribution in [-0.4, -0.2) is 36.3 Å². The van der Waals surface area contributed by atoms with Gasteiger partial charge >= 0.3 is 5.97 Å². The van der Waals surface area contributed by atoms with Crippen molar-refractivity contribution >= 4 is 40.2 Å². The van der Waals surface area contributed by atoms with E-state index in [0.29, 0.717) is 22.2 Å². The first-order valence-corrected chi connectivity index (χ1v) is 10.0. The van der Waals surface area contributed by atoms with Gasteiger partial charge in [0, 0.05) is 23.1 Å². The molecule has 0 aromatic heterocycles. The molecule has 0 fully saturated rings. The molecule has 0 aliphatic carbocycles. The third-order valence-electron chi connectivity index (χ3n) is 5.21. The Hall–Kier alpha value is -4.26. The molecule has 1 N–H and O–H groups in total. The monoisotopic (exact) mass is 428 g/mol. The molecule has 32 heavy (non-hydrogen) atoms. The Morgan fingerprint density at radius 3 is 2.16 bits per heavy atom. The van der Waals surface area contributed by atoms with Crippen LogP contribution in [0.1, 0.15) is 38.0 Å². The number of nitrogens with one attached hydrogen (secondary N) is 1. The molecule has 3 aromatic carbocycles. The molecule has 0 bridgehead atoms. The van der Waals surface area contributed by atoms with E-state index in [0.717, 1.165) is 10.3 Å². The van der Waals surface area contributed by atoms with Gasteiger partial charge < -0.3 is 10.1 Å². The summed E-state index contributed by atoms with van der Waals surface area (Å²) in [6.07, 6.45) is 0.539. The van der Waals surface area contributed by atoms with Crippen LogP contribution in [0.4, 0.5) is 5.69 Å². The lowest BCUT2D eigenvalue weighted by Crippen LogP contribution is -2.40. The first kappa shape index (κ1) is 21.0. The van der Waals surface area contributed by atoms with E-state index in [2.05, 4.69) is 11.9 Å². The lowest BCUT2D eigenvalue weighted by Gasteiger charge is -2.27. The summed E-state index contributed by atoms with van der Waals surface area (Å²) in [5.74, 6) is -1.99. The van der Waals surface area contributed by atoms with Crippen molar-refractivity contribution in [2.24, 2.45) is 0 Å². The summed E-state index contributed by atoms with van der Waals surface area (Å²) in [6.45, 7) is 5.24. The third-order valence-corrected chi connectivity index (χ3v) is 5.21. The smallest absolute Gasteiger partial charge is 0.338 e. The lowest BCUT2D eigenvalue weighted by molar-refractivity contribution is -0.128. The number of hydrogen-bond donors (Lipinski definition) is 1. The molecule has 1 aliphatic heterocycles. The maximum atomic E-state index is 13.1. The molecule has 7 heteroatoms. The minimum atomic E-state index is -0.982. The van der Waals surface area contributed by atoms with E-state index in [9.17, 15) is 19.2 Å². The van der Waals surface area contributed by atoms with Gasteiger partial charge in [0.25, 0.3) is 17.7 Å². The van der Waals surface area contributed by atoms with E-state index >= 15 is 0 Å². The fraction of sp³-hybridized carbons (Fsp3) is 0.120. The van der Waals surface area contributed by atoms with Crippen molar-refractivity contribution < 1.29 is 23.9 Å². The first-order chi connectivity index (χ1) is 15.4. The quantitative estimate of drug-likeness (QED) is 0.369. The SMILES string of the molecule is C=CCNC(=O)C(C)OC(=O)c1ccc(N2C(=O)c3cccc4cccc(c34)C2=O)cc1. The molecule has 3 aromatic rings. The molecular formula is C25H20N2O5. The van der Waals surface area contributed by atoms with Crippen molar-refractivity contribution in [2.45, 2.75) is 13.0 Å². The number of carbonyl (C=O) groups excluding carboxylic acids is 4. The molecule has 1 unspecified atom stereocenters. The van der Waals surface area contributed by atoms with Gasteiger partial charge in [-0.15, -0.1) is 6.58 Å². The number of esters is 1. The molecule has 1 heterocycles.